The fourth-order valence-corrected chi connectivity index (χ4v) is 2.43. The van der Waals surface area contributed by atoms with Crippen LogP contribution in [0.5, 0.6) is 5.75 Å². The molecule has 0 radical (unpaired) electrons. The van der Waals surface area contributed by atoms with Gasteiger partial charge in [-0.15, -0.1) is 0 Å². The van der Waals surface area contributed by atoms with E-state index in [1.165, 1.54) is 37.6 Å². The zero-order valence-electron chi connectivity index (χ0n) is 15.4. The van der Waals surface area contributed by atoms with Gasteiger partial charge >= 0.3 is 6.09 Å². The molecule has 0 aliphatic carbocycles. The van der Waals surface area contributed by atoms with Crippen LogP contribution in [0, 0.1) is 5.82 Å². The maximum absolute atomic E-state index is 14.6. The van der Waals surface area contributed by atoms with E-state index in [0.717, 1.165) is 11.0 Å². The van der Waals surface area contributed by atoms with Crippen LogP contribution in [-0.4, -0.2) is 30.0 Å². The topological polar surface area (TPSA) is 68.7 Å². The molecule has 1 heterocycles. The second-order valence-electron chi connectivity index (χ2n) is 6.64. The summed E-state index contributed by atoms with van der Waals surface area (Å²) in [5.41, 5.74) is -0.726. The molecule has 0 aliphatic rings. The average Bonchev–Trinajstić information content (AvgIpc) is 2.60. The van der Waals surface area contributed by atoms with E-state index in [1.807, 2.05) is 0 Å². The van der Waals surface area contributed by atoms with Gasteiger partial charge in [0.25, 0.3) is 6.36 Å². The first kappa shape index (κ1) is 20.3. The number of aromatic nitrogens is 1. The average molecular weight is 378 g/mol. The van der Waals surface area contributed by atoms with Gasteiger partial charge in [0, 0.05) is 17.3 Å². The van der Waals surface area contributed by atoms with Gasteiger partial charge in [-0.25, -0.2) is 14.2 Å². The normalized spacial score (nSPS) is 12.2. The summed E-state index contributed by atoms with van der Waals surface area (Å²) in [6, 6.07) is 6.58. The van der Waals surface area contributed by atoms with Crippen molar-refractivity contribution < 1.29 is 27.8 Å². The number of carbonyl (C=O) groups is 2. The molecule has 6 nitrogen and oxygen atoms in total. The summed E-state index contributed by atoms with van der Waals surface area (Å²) in [4.78, 5) is 28.6. The molecule has 1 amide bonds. The second kappa shape index (κ2) is 8.11. The predicted octanol–water partition coefficient (Wildman–Crippen LogP) is 4.45. The lowest BCUT2D eigenvalue weighted by Crippen LogP contribution is -2.46. The van der Waals surface area contributed by atoms with E-state index in [0.29, 0.717) is 11.8 Å². The van der Waals surface area contributed by atoms with Crippen molar-refractivity contribution >= 4 is 18.2 Å². The summed E-state index contributed by atoms with van der Waals surface area (Å²) in [7, 11) is 1.19. The number of carbonyl (C=O) groups excluding carboxylic acids is 2. The van der Waals surface area contributed by atoms with Gasteiger partial charge in [-0.3, -0.25) is 9.69 Å². The minimum atomic E-state index is -2.25. The van der Waals surface area contributed by atoms with Crippen LogP contribution in [0.25, 0.3) is 0 Å². The first-order chi connectivity index (χ1) is 12.7. The Labute approximate surface area is 155 Å². The highest BCUT2D eigenvalue weighted by molar-refractivity contribution is 5.88. The van der Waals surface area contributed by atoms with Crippen LogP contribution in [0.1, 0.15) is 43.1 Å². The lowest BCUT2D eigenvalue weighted by molar-refractivity contribution is 0.0127. The van der Waals surface area contributed by atoms with Gasteiger partial charge in [0.05, 0.1) is 12.7 Å². The third-order valence-electron chi connectivity index (χ3n) is 3.64. The van der Waals surface area contributed by atoms with E-state index < -0.39 is 23.8 Å². The van der Waals surface area contributed by atoms with Gasteiger partial charge in [-0.05, 0) is 45.0 Å². The number of amides is 1. The van der Waals surface area contributed by atoms with Crippen molar-refractivity contribution in [3.05, 3.63) is 53.5 Å². The van der Waals surface area contributed by atoms with Crippen LogP contribution in [0.3, 0.4) is 0 Å². The zero-order chi connectivity index (χ0) is 20.2. The van der Waals surface area contributed by atoms with Gasteiger partial charge < -0.3 is 9.47 Å². The molecular formula is C19H20F2N2O4. The van der Waals surface area contributed by atoms with Crippen LogP contribution in [0.15, 0.2) is 36.5 Å². The largest absolute Gasteiger partial charge is 0.493 e. The third-order valence-corrected chi connectivity index (χ3v) is 3.64. The van der Waals surface area contributed by atoms with Gasteiger partial charge in [0.2, 0.25) is 0 Å². The fraction of sp³-hybridized carbons (Fsp3) is 0.316. The molecule has 0 spiro atoms. The highest BCUT2D eigenvalue weighted by Crippen LogP contribution is 2.32. The predicted molar refractivity (Wildman–Crippen MR) is 95.1 cm³/mol. The molecule has 0 saturated heterocycles. The standard InChI is InChI=1S/C19H20F2N2O4/c1-19(2,3)23(15-9-8-12(11-24)10-22-15)18(25)27-17(21)13-6-5-7-14(20)16(13)26-4/h5-11,17H,1-4H3. The van der Waals surface area contributed by atoms with Crippen LogP contribution in [0.4, 0.5) is 19.4 Å². The zero-order valence-corrected chi connectivity index (χ0v) is 15.4. The number of hydrogen-bond acceptors (Lipinski definition) is 5. The minimum Gasteiger partial charge on any atom is -0.493 e. The first-order valence-corrected chi connectivity index (χ1v) is 8.07. The molecule has 8 heteroatoms. The highest BCUT2D eigenvalue weighted by Gasteiger charge is 2.33. The smallest absolute Gasteiger partial charge is 0.418 e. The number of pyridine rings is 1. The highest BCUT2D eigenvalue weighted by atomic mass is 19.1. The Balaban J connectivity index is 2.31. The molecule has 0 saturated carbocycles. The van der Waals surface area contributed by atoms with Gasteiger partial charge in [0.15, 0.2) is 17.9 Å². The number of aldehydes is 1. The molecule has 1 unspecified atom stereocenters. The summed E-state index contributed by atoms with van der Waals surface area (Å²) >= 11 is 0. The minimum absolute atomic E-state index is 0.177. The Kier molecular flexibility index (Phi) is 6.09. The molecule has 0 fully saturated rings. The number of halogens is 2. The van der Waals surface area contributed by atoms with E-state index in [-0.39, 0.29) is 17.1 Å². The number of anilines is 1. The van der Waals surface area contributed by atoms with Crippen LogP contribution < -0.4 is 9.64 Å². The monoisotopic (exact) mass is 378 g/mol. The lowest BCUT2D eigenvalue weighted by atomic mass is 10.1. The number of nitrogens with zero attached hydrogens (tertiary/aromatic N) is 2. The molecule has 0 N–H and O–H groups in total. The maximum Gasteiger partial charge on any atom is 0.418 e. The molecule has 2 rings (SSSR count). The van der Waals surface area contributed by atoms with E-state index in [2.05, 4.69) is 4.98 Å². The molecule has 0 aliphatic heterocycles. The number of hydrogen-bond donors (Lipinski definition) is 0. The van der Waals surface area contributed by atoms with Crippen molar-refractivity contribution in [2.24, 2.45) is 0 Å². The Morgan fingerprint density at radius 2 is 1.96 bits per heavy atom. The van der Waals surface area contributed by atoms with E-state index in [4.69, 9.17) is 9.47 Å². The number of benzene rings is 1. The number of ether oxygens (including phenoxy) is 2. The second-order valence-corrected chi connectivity index (χ2v) is 6.64. The molecule has 2 aromatic rings. The van der Waals surface area contributed by atoms with Crippen molar-refractivity contribution in [3.63, 3.8) is 0 Å². The van der Waals surface area contributed by atoms with E-state index in [9.17, 15) is 18.4 Å². The van der Waals surface area contributed by atoms with E-state index in [1.54, 1.807) is 20.8 Å². The van der Waals surface area contributed by atoms with Crippen molar-refractivity contribution in [1.82, 2.24) is 4.98 Å². The third kappa shape index (κ3) is 4.58. The summed E-state index contributed by atoms with van der Waals surface area (Å²) in [6.45, 7) is 5.12. The molecule has 1 aromatic carbocycles. The molecule has 0 bridgehead atoms. The quantitative estimate of drug-likeness (QED) is 0.719. The van der Waals surface area contributed by atoms with Gasteiger partial charge in [-0.2, -0.15) is 4.39 Å². The maximum atomic E-state index is 14.6. The SMILES string of the molecule is COc1c(F)cccc1C(F)OC(=O)N(c1ccc(C=O)cn1)C(C)(C)C. The van der Waals surface area contributed by atoms with E-state index >= 15 is 0 Å². The van der Waals surface area contributed by atoms with Crippen LogP contribution >= 0.6 is 0 Å². The fourth-order valence-electron chi connectivity index (χ4n) is 2.43. The summed E-state index contributed by atoms with van der Waals surface area (Å²) in [5.74, 6) is -0.933. The van der Waals surface area contributed by atoms with Crippen molar-refractivity contribution in [2.75, 3.05) is 12.0 Å². The van der Waals surface area contributed by atoms with Crippen molar-refractivity contribution in [1.29, 1.82) is 0 Å². The molecule has 27 heavy (non-hydrogen) atoms. The Morgan fingerprint density at radius 3 is 2.48 bits per heavy atom. The van der Waals surface area contributed by atoms with Gasteiger partial charge in [0.1, 0.15) is 5.82 Å². The Morgan fingerprint density at radius 1 is 1.26 bits per heavy atom. The Bertz CT molecular complexity index is 819. The van der Waals surface area contributed by atoms with Crippen LogP contribution in [0.2, 0.25) is 0 Å². The first-order valence-electron chi connectivity index (χ1n) is 8.07. The van der Waals surface area contributed by atoms with Crippen molar-refractivity contribution in [3.8, 4) is 5.75 Å². The number of para-hydroxylation sites is 1. The summed E-state index contributed by atoms with van der Waals surface area (Å²) in [5, 5.41) is 0. The molecular weight excluding hydrogens is 358 g/mol. The molecule has 144 valence electrons. The number of alkyl halides is 1. The summed E-state index contributed by atoms with van der Waals surface area (Å²) in [6.07, 6.45) is -1.36. The summed E-state index contributed by atoms with van der Waals surface area (Å²) < 4.78 is 38.1. The van der Waals surface area contributed by atoms with Crippen LogP contribution in [-0.2, 0) is 4.74 Å². The molecule has 1 aromatic heterocycles. The number of methoxy groups -OCH3 is 1. The molecule has 1 atom stereocenters. The Hall–Kier alpha value is -3.03. The van der Waals surface area contributed by atoms with Crippen molar-refractivity contribution in [2.45, 2.75) is 32.7 Å². The van der Waals surface area contributed by atoms with Gasteiger partial charge in [-0.1, -0.05) is 6.07 Å². The number of rotatable bonds is 5. The lowest BCUT2D eigenvalue weighted by Gasteiger charge is -2.34.